The third-order valence-corrected chi connectivity index (χ3v) is 7.77. The van der Waals surface area contributed by atoms with Crippen LogP contribution < -0.4 is 0 Å². The number of H-pyrrole nitrogens is 1. The standard InChI is InChI=1S/C25H27ClFN7/c1-16-9-18(6-8-32(16)14-21-22(26)3-2-4-23(21)27)33-12-19(13-33)34-11-17(10-31-34)24-20-5-7-28-25(20)30-15-29-24/h2-5,7,10-11,15-16,18-19H,6,8-9,12-14H2,1H3,(H,28,29,30). The van der Waals surface area contributed by atoms with E-state index in [0.29, 0.717) is 35.3 Å². The molecule has 2 fully saturated rings. The molecule has 0 bridgehead atoms. The summed E-state index contributed by atoms with van der Waals surface area (Å²) in [6.45, 7) is 5.75. The first-order chi connectivity index (χ1) is 16.6. The molecular weight excluding hydrogens is 453 g/mol. The molecule has 5 heterocycles. The zero-order valence-corrected chi connectivity index (χ0v) is 19.8. The number of hydrogen-bond acceptors (Lipinski definition) is 5. The smallest absolute Gasteiger partial charge is 0.141 e. The fraction of sp³-hybridized carbons (Fsp3) is 0.400. The molecule has 7 nitrogen and oxygen atoms in total. The van der Waals surface area contributed by atoms with Crippen LogP contribution in [-0.2, 0) is 6.54 Å². The molecule has 0 aliphatic carbocycles. The number of halogens is 2. The van der Waals surface area contributed by atoms with Gasteiger partial charge in [-0.05, 0) is 38.0 Å². The molecule has 4 aromatic rings. The van der Waals surface area contributed by atoms with Crippen LogP contribution in [0.2, 0.25) is 5.02 Å². The molecule has 1 N–H and O–H groups in total. The van der Waals surface area contributed by atoms with Crippen molar-refractivity contribution >= 4 is 22.6 Å². The van der Waals surface area contributed by atoms with Gasteiger partial charge in [0.15, 0.2) is 0 Å². The van der Waals surface area contributed by atoms with Crippen LogP contribution in [0.5, 0.6) is 0 Å². The number of hydrogen-bond donors (Lipinski definition) is 1. The fourth-order valence-electron chi connectivity index (χ4n) is 5.36. The predicted molar refractivity (Wildman–Crippen MR) is 130 cm³/mol. The topological polar surface area (TPSA) is 65.9 Å². The van der Waals surface area contributed by atoms with Crippen molar-refractivity contribution in [3.63, 3.8) is 0 Å². The molecule has 0 amide bonds. The third kappa shape index (κ3) is 3.89. The van der Waals surface area contributed by atoms with Gasteiger partial charge in [-0.25, -0.2) is 14.4 Å². The zero-order valence-electron chi connectivity index (χ0n) is 19.0. The van der Waals surface area contributed by atoms with Crippen molar-refractivity contribution in [1.82, 2.24) is 34.5 Å². The van der Waals surface area contributed by atoms with Crippen LogP contribution in [0.3, 0.4) is 0 Å². The molecule has 2 aliphatic rings. The Morgan fingerprint density at radius 3 is 2.88 bits per heavy atom. The van der Waals surface area contributed by atoms with Crippen LogP contribution in [0.1, 0.15) is 31.4 Å². The Balaban J connectivity index is 1.06. The van der Waals surface area contributed by atoms with Gasteiger partial charge in [-0.3, -0.25) is 14.5 Å². The maximum Gasteiger partial charge on any atom is 0.141 e. The Morgan fingerprint density at radius 2 is 2.06 bits per heavy atom. The summed E-state index contributed by atoms with van der Waals surface area (Å²) < 4.78 is 16.3. The molecule has 176 valence electrons. The molecule has 6 rings (SSSR count). The van der Waals surface area contributed by atoms with Gasteiger partial charge in [-0.2, -0.15) is 5.10 Å². The van der Waals surface area contributed by atoms with Crippen molar-refractivity contribution in [2.24, 2.45) is 0 Å². The molecule has 2 atom stereocenters. The Kier molecular flexibility index (Phi) is 5.59. The van der Waals surface area contributed by atoms with Crippen molar-refractivity contribution in [3.8, 4) is 11.3 Å². The number of aromatic amines is 1. The maximum absolute atomic E-state index is 14.2. The average Bonchev–Trinajstić information content (AvgIpc) is 3.46. The SMILES string of the molecule is CC1CC(N2CC(n3cc(-c4ncnc5[nH]ccc45)cn3)C2)CCN1Cc1c(F)cccc1Cl. The number of nitrogens with zero attached hydrogens (tertiary/aromatic N) is 6. The zero-order chi connectivity index (χ0) is 23.2. The molecule has 2 aliphatic heterocycles. The summed E-state index contributed by atoms with van der Waals surface area (Å²) in [6, 6.07) is 8.23. The predicted octanol–water partition coefficient (Wildman–Crippen LogP) is 4.52. The lowest BCUT2D eigenvalue weighted by Crippen LogP contribution is -2.57. The number of benzene rings is 1. The highest BCUT2D eigenvalue weighted by Crippen LogP contribution is 2.33. The first kappa shape index (κ1) is 21.7. The van der Waals surface area contributed by atoms with Gasteiger partial charge in [0, 0.05) is 72.2 Å². The summed E-state index contributed by atoms with van der Waals surface area (Å²) in [5, 5.41) is 6.16. The fourth-order valence-corrected chi connectivity index (χ4v) is 5.59. The molecule has 2 unspecified atom stereocenters. The first-order valence-electron chi connectivity index (χ1n) is 11.8. The summed E-state index contributed by atoms with van der Waals surface area (Å²) in [4.78, 5) is 16.8. The van der Waals surface area contributed by atoms with E-state index in [4.69, 9.17) is 11.6 Å². The number of nitrogens with one attached hydrogen (secondary N) is 1. The monoisotopic (exact) mass is 479 g/mol. The minimum absolute atomic E-state index is 0.217. The number of aromatic nitrogens is 5. The highest BCUT2D eigenvalue weighted by Gasteiger charge is 2.37. The Labute approximate surface area is 202 Å². The average molecular weight is 480 g/mol. The summed E-state index contributed by atoms with van der Waals surface area (Å²) in [5.41, 5.74) is 3.36. The molecule has 0 radical (unpaired) electrons. The number of piperidine rings is 1. The summed E-state index contributed by atoms with van der Waals surface area (Å²) >= 11 is 6.25. The van der Waals surface area contributed by atoms with Crippen LogP contribution >= 0.6 is 11.6 Å². The quantitative estimate of drug-likeness (QED) is 0.456. The summed E-state index contributed by atoms with van der Waals surface area (Å²) in [5.74, 6) is -0.217. The summed E-state index contributed by atoms with van der Waals surface area (Å²) in [6.07, 6.45) is 9.63. The van der Waals surface area contributed by atoms with Gasteiger partial charge in [0.2, 0.25) is 0 Å². The molecule has 9 heteroatoms. The molecule has 3 aromatic heterocycles. The van der Waals surface area contributed by atoms with Crippen molar-refractivity contribution in [2.45, 2.75) is 44.4 Å². The molecular formula is C25H27ClFN7. The van der Waals surface area contributed by atoms with Crippen LogP contribution in [0.25, 0.3) is 22.3 Å². The van der Waals surface area contributed by atoms with Crippen LogP contribution in [-0.4, -0.2) is 66.3 Å². The van der Waals surface area contributed by atoms with E-state index < -0.39 is 0 Å². The van der Waals surface area contributed by atoms with E-state index in [9.17, 15) is 4.39 Å². The number of fused-ring (bicyclic) bond motifs is 1. The molecule has 0 saturated carbocycles. The lowest BCUT2D eigenvalue weighted by atomic mass is 9.93. The van der Waals surface area contributed by atoms with Crippen molar-refractivity contribution in [3.05, 3.63) is 65.6 Å². The first-order valence-corrected chi connectivity index (χ1v) is 12.2. The van der Waals surface area contributed by atoms with E-state index in [0.717, 1.165) is 54.8 Å². The van der Waals surface area contributed by atoms with E-state index in [1.54, 1.807) is 18.5 Å². The maximum atomic E-state index is 14.2. The van der Waals surface area contributed by atoms with Crippen molar-refractivity contribution in [2.75, 3.05) is 19.6 Å². The highest BCUT2D eigenvalue weighted by atomic mass is 35.5. The summed E-state index contributed by atoms with van der Waals surface area (Å²) in [7, 11) is 0. The largest absolute Gasteiger partial charge is 0.346 e. The minimum atomic E-state index is -0.217. The van der Waals surface area contributed by atoms with Gasteiger partial charge in [0.05, 0.1) is 17.9 Å². The molecule has 34 heavy (non-hydrogen) atoms. The van der Waals surface area contributed by atoms with Gasteiger partial charge >= 0.3 is 0 Å². The van der Waals surface area contributed by atoms with Gasteiger partial charge in [-0.15, -0.1) is 0 Å². The van der Waals surface area contributed by atoms with Gasteiger partial charge in [0.25, 0.3) is 0 Å². The van der Waals surface area contributed by atoms with Crippen molar-refractivity contribution < 1.29 is 4.39 Å². The van der Waals surface area contributed by atoms with Crippen LogP contribution in [0.15, 0.2) is 49.2 Å². The Hall–Kier alpha value is -2.81. The van der Waals surface area contributed by atoms with Gasteiger partial charge < -0.3 is 4.98 Å². The normalized spacial score (nSPS) is 22.3. The second-order valence-electron chi connectivity index (χ2n) is 9.48. The van der Waals surface area contributed by atoms with E-state index >= 15 is 0 Å². The molecule has 0 spiro atoms. The lowest BCUT2D eigenvalue weighted by molar-refractivity contribution is 0.00242. The van der Waals surface area contributed by atoms with E-state index in [-0.39, 0.29) is 5.82 Å². The van der Waals surface area contributed by atoms with E-state index in [2.05, 4.69) is 47.7 Å². The number of rotatable bonds is 5. The van der Waals surface area contributed by atoms with Gasteiger partial charge in [-0.1, -0.05) is 17.7 Å². The Morgan fingerprint density at radius 1 is 1.18 bits per heavy atom. The van der Waals surface area contributed by atoms with Gasteiger partial charge in [0.1, 0.15) is 17.8 Å². The highest BCUT2D eigenvalue weighted by molar-refractivity contribution is 6.31. The second-order valence-corrected chi connectivity index (χ2v) is 9.88. The second kappa shape index (κ2) is 8.76. The minimum Gasteiger partial charge on any atom is -0.346 e. The third-order valence-electron chi connectivity index (χ3n) is 7.42. The molecule has 1 aromatic carbocycles. The van der Waals surface area contributed by atoms with Crippen LogP contribution in [0, 0.1) is 5.82 Å². The lowest BCUT2D eigenvalue weighted by Gasteiger charge is -2.49. The van der Waals surface area contributed by atoms with Crippen molar-refractivity contribution in [1.29, 1.82) is 0 Å². The van der Waals surface area contributed by atoms with Crippen LogP contribution in [0.4, 0.5) is 4.39 Å². The van der Waals surface area contributed by atoms with E-state index in [1.165, 1.54) is 6.07 Å². The molecule has 2 saturated heterocycles. The number of likely N-dealkylation sites (tertiary alicyclic amines) is 2. The van der Waals surface area contributed by atoms with E-state index in [1.807, 2.05) is 18.5 Å². The Bertz CT molecular complexity index is 1290.